The summed E-state index contributed by atoms with van der Waals surface area (Å²) >= 11 is 5.68. The van der Waals surface area contributed by atoms with Crippen molar-refractivity contribution in [3.63, 3.8) is 0 Å². The normalized spacial score (nSPS) is 22.2. The van der Waals surface area contributed by atoms with Gasteiger partial charge in [0.05, 0.1) is 23.7 Å². The van der Waals surface area contributed by atoms with Gasteiger partial charge in [-0.2, -0.15) is 0 Å². The van der Waals surface area contributed by atoms with E-state index in [-0.39, 0.29) is 29.2 Å². The van der Waals surface area contributed by atoms with Crippen molar-refractivity contribution in [2.45, 2.75) is 35.5 Å². The first kappa shape index (κ1) is 27.1. The van der Waals surface area contributed by atoms with E-state index in [1.54, 1.807) is 36.4 Å². The lowest BCUT2D eigenvalue weighted by Gasteiger charge is -2.30. The zero-order valence-corrected chi connectivity index (χ0v) is 24.8. The van der Waals surface area contributed by atoms with Crippen LogP contribution in [-0.4, -0.2) is 59.7 Å². The number of halogens is 1. The molecule has 12 heteroatoms. The molecule has 40 heavy (non-hydrogen) atoms. The van der Waals surface area contributed by atoms with E-state index in [4.69, 9.17) is 9.47 Å². The molecule has 208 valence electrons. The first-order chi connectivity index (χ1) is 19.4. The van der Waals surface area contributed by atoms with Gasteiger partial charge in [0.25, 0.3) is 5.91 Å². The highest BCUT2D eigenvalue weighted by Crippen LogP contribution is 2.53. The number of imide groups is 1. The zero-order chi connectivity index (χ0) is 28.0. The predicted molar refractivity (Wildman–Crippen MR) is 155 cm³/mol. The zero-order valence-electron chi connectivity index (χ0n) is 21.6. The highest BCUT2D eigenvalue weighted by Gasteiger charge is 2.56. The van der Waals surface area contributed by atoms with Crippen molar-refractivity contribution in [3.8, 4) is 11.5 Å². The Balaban J connectivity index is 1.32. The minimum absolute atomic E-state index is 0.0668. The van der Waals surface area contributed by atoms with Gasteiger partial charge in [-0.05, 0) is 61.2 Å². The van der Waals surface area contributed by atoms with E-state index in [2.05, 4.69) is 20.9 Å². The standard InChI is InChI=1S/C28H26BrN3O6S2/c1-37-19-13-15(5-10-18(19)38-14-20(33)31-11-3-2-4-12-31)21-22-24(39-25-23(21)40-28(36)30-25)27(35)32(26(22)34)17-8-6-16(29)7-9-17/h5-10,13,21-22,24H,2-4,11-12,14H2,1H3,(H,30,36). The van der Waals surface area contributed by atoms with Crippen molar-refractivity contribution < 1.29 is 23.9 Å². The van der Waals surface area contributed by atoms with Crippen LogP contribution in [0.3, 0.4) is 0 Å². The van der Waals surface area contributed by atoms with Crippen LogP contribution >= 0.6 is 39.0 Å². The molecule has 0 bridgehead atoms. The van der Waals surface area contributed by atoms with Gasteiger partial charge in [-0.25, -0.2) is 4.90 Å². The van der Waals surface area contributed by atoms with Gasteiger partial charge in [0.15, 0.2) is 18.1 Å². The van der Waals surface area contributed by atoms with Crippen LogP contribution in [0.4, 0.5) is 5.69 Å². The van der Waals surface area contributed by atoms with Crippen molar-refractivity contribution in [2.75, 3.05) is 31.7 Å². The van der Waals surface area contributed by atoms with E-state index in [0.29, 0.717) is 27.1 Å². The number of nitrogens with one attached hydrogen (secondary N) is 1. The maximum absolute atomic E-state index is 13.9. The number of thiazole rings is 1. The largest absolute Gasteiger partial charge is 0.493 e. The number of methoxy groups -OCH3 is 1. The second-order valence-corrected chi connectivity index (χ2v) is 13.0. The average molecular weight is 645 g/mol. The number of amides is 3. The third kappa shape index (κ3) is 4.86. The molecule has 6 rings (SSSR count). The number of carbonyl (C=O) groups excluding carboxylic acids is 3. The first-order valence-electron chi connectivity index (χ1n) is 13.0. The van der Waals surface area contributed by atoms with E-state index in [1.165, 1.54) is 23.8 Å². The maximum Gasteiger partial charge on any atom is 0.305 e. The number of benzene rings is 2. The number of fused-ring (bicyclic) bond motifs is 2. The van der Waals surface area contributed by atoms with Crippen LogP contribution in [0.5, 0.6) is 11.5 Å². The molecule has 1 aromatic heterocycles. The number of likely N-dealkylation sites (tertiary alicyclic amines) is 1. The molecule has 0 aliphatic carbocycles. The van der Waals surface area contributed by atoms with Crippen LogP contribution < -0.4 is 19.2 Å². The quantitative estimate of drug-likeness (QED) is 0.397. The number of carbonyl (C=O) groups is 3. The molecule has 9 nitrogen and oxygen atoms in total. The Kier molecular flexibility index (Phi) is 7.49. The van der Waals surface area contributed by atoms with Gasteiger partial charge in [-0.3, -0.25) is 19.2 Å². The molecule has 1 N–H and O–H groups in total. The second kappa shape index (κ2) is 11.1. The molecule has 3 amide bonds. The number of hydrogen-bond donors (Lipinski definition) is 1. The van der Waals surface area contributed by atoms with E-state index in [9.17, 15) is 19.2 Å². The van der Waals surface area contributed by atoms with Gasteiger partial charge in [-0.1, -0.05) is 45.1 Å². The Labute approximate surface area is 247 Å². The lowest BCUT2D eigenvalue weighted by atomic mass is 9.83. The summed E-state index contributed by atoms with van der Waals surface area (Å²) in [6.07, 6.45) is 3.13. The van der Waals surface area contributed by atoms with Crippen molar-refractivity contribution in [3.05, 3.63) is 67.0 Å². The van der Waals surface area contributed by atoms with Gasteiger partial charge >= 0.3 is 4.87 Å². The van der Waals surface area contributed by atoms with Crippen molar-refractivity contribution >= 4 is 62.4 Å². The Bertz CT molecular complexity index is 1530. The number of aromatic amines is 1. The fraction of sp³-hybridized carbons (Fsp3) is 0.357. The van der Waals surface area contributed by atoms with Crippen LogP contribution in [0, 0.1) is 5.92 Å². The summed E-state index contributed by atoms with van der Waals surface area (Å²) in [5.41, 5.74) is 1.22. The second-order valence-electron chi connectivity index (χ2n) is 9.88. The highest BCUT2D eigenvalue weighted by atomic mass is 79.9. The summed E-state index contributed by atoms with van der Waals surface area (Å²) in [7, 11) is 1.51. The number of hydrogen-bond acceptors (Lipinski definition) is 8. The highest BCUT2D eigenvalue weighted by molar-refractivity contribution is 9.10. The van der Waals surface area contributed by atoms with Crippen molar-refractivity contribution in [2.24, 2.45) is 5.92 Å². The number of anilines is 1. The monoisotopic (exact) mass is 643 g/mol. The summed E-state index contributed by atoms with van der Waals surface area (Å²) < 4.78 is 12.3. The minimum Gasteiger partial charge on any atom is -0.493 e. The number of H-pyrrole nitrogens is 1. The molecular formula is C28H26BrN3O6S2. The SMILES string of the molecule is COc1cc(C2c3sc(=O)[nH]c3SC3C(=O)N(c4ccc(Br)cc4)C(=O)C32)ccc1OCC(=O)N1CCCCC1. The third-order valence-electron chi connectivity index (χ3n) is 7.52. The smallest absolute Gasteiger partial charge is 0.305 e. The van der Waals surface area contributed by atoms with Crippen molar-refractivity contribution in [1.82, 2.24) is 9.88 Å². The van der Waals surface area contributed by atoms with Gasteiger partial charge in [0.2, 0.25) is 11.8 Å². The Morgan fingerprint density at radius 1 is 1.02 bits per heavy atom. The Morgan fingerprint density at radius 2 is 1.77 bits per heavy atom. The molecule has 3 aliphatic rings. The third-order valence-corrected chi connectivity index (χ3v) is 10.4. The number of aromatic nitrogens is 1. The molecule has 3 aromatic rings. The number of thioether (sulfide) groups is 1. The molecule has 4 heterocycles. The topological polar surface area (TPSA) is 109 Å². The number of nitrogens with zero attached hydrogens (tertiary/aromatic N) is 2. The number of ether oxygens (including phenoxy) is 2. The predicted octanol–water partition coefficient (Wildman–Crippen LogP) is 4.39. The molecule has 2 aromatic carbocycles. The van der Waals surface area contributed by atoms with Gasteiger partial charge in [0, 0.05) is 28.4 Å². The van der Waals surface area contributed by atoms with Crippen molar-refractivity contribution in [1.29, 1.82) is 0 Å². The molecule has 0 saturated carbocycles. The fourth-order valence-electron chi connectivity index (χ4n) is 5.59. The molecule has 2 fully saturated rings. The summed E-state index contributed by atoms with van der Waals surface area (Å²) in [5.74, 6) is -1.13. The van der Waals surface area contributed by atoms with Crippen LogP contribution in [0.15, 0.2) is 56.8 Å². The average Bonchev–Trinajstić information content (AvgIpc) is 3.46. The van der Waals surface area contributed by atoms with Crippen LogP contribution in [0.2, 0.25) is 0 Å². The minimum atomic E-state index is -0.711. The lowest BCUT2D eigenvalue weighted by Crippen LogP contribution is -2.38. The lowest BCUT2D eigenvalue weighted by molar-refractivity contribution is -0.134. The molecule has 2 saturated heterocycles. The summed E-state index contributed by atoms with van der Waals surface area (Å²) in [5, 5.41) is -0.0885. The first-order valence-corrected chi connectivity index (χ1v) is 15.5. The summed E-state index contributed by atoms with van der Waals surface area (Å²) in [6, 6.07) is 12.3. The van der Waals surface area contributed by atoms with Gasteiger partial charge in [0.1, 0.15) is 5.25 Å². The van der Waals surface area contributed by atoms with E-state index in [0.717, 1.165) is 53.7 Å². The number of piperidine rings is 1. The molecule has 0 spiro atoms. The molecule has 0 radical (unpaired) electrons. The molecular weight excluding hydrogens is 618 g/mol. The molecule has 3 aliphatic heterocycles. The Hall–Kier alpha value is -3.09. The van der Waals surface area contributed by atoms with E-state index < -0.39 is 17.1 Å². The molecule has 3 unspecified atom stereocenters. The summed E-state index contributed by atoms with van der Waals surface area (Å²) in [6.45, 7) is 1.39. The van der Waals surface area contributed by atoms with E-state index in [1.807, 2.05) is 11.0 Å². The molecule has 3 atom stereocenters. The van der Waals surface area contributed by atoms with Crippen LogP contribution in [0.25, 0.3) is 0 Å². The summed E-state index contributed by atoms with van der Waals surface area (Å²) in [4.78, 5) is 58.9. The van der Waals surface area contributed by atoms with Crippen LogP contribution in [0.1, 0.15) is 35.6 Å². The van der Waals surface area contributed by atoms with Crippen LogP contribution in [-0.2, 0) is 14.4 Å². The maximum atomic E-state index is 13.9. The van der Waals surface area contributed by atoms with Gasteiger partial charge < -0.3 is 19.4 Å². The Morgan fingerprint density at radius 3 is 2.50 bits per heavy atom. The van der Waals surface area contributed by atoms with E-state index >= 15 is 0 Å². The fourth-order valence-corrected chi connectivity index (χ4v) is 8.37. The number of rotatable bonds is 6. The van der Waals surface area contributed by atoms with Gasteiger partial charge in [-0.15, -0.1) is 0 Å².